The summed E-state index contributed by atoms with van der Waals surface area (Å²) in [6.45, 7) is 4.27. The van der Waals surface area contributed by atoms with Crippen molar-refractivity contribution in [3.63, 3.8) is 0 Å². The van der Waals surface area contributed by atoms with Gasteiger partial charge in [-0.25, -0.2) is 0 Å². The van der Waals surface area contributed by atoms with Gasteiger partial charge in [-0.1, -0.05) is 11.6 Å². The summed E-state index contributed by atoms with van der Waals surface area (Å²) in [5, 5.41) is 13.9. The minimum absolute atomic E-state index is 0.0797. The smallest absolute Gasteiger partial charge is 0.296 e. The zero-order chi connectivity index (χ0) is 19.1. The lowest BCUT2D eigenvalue weighted by Gasteiger charge is -2.13. The van der Waals surface area contributed by atoms with E-state index in [1.807, 2.05) is 6.07 Å². The summed E-state index contributed by atoms with van der Waals surface area (Å²) in [6, 6.07) is 6.31. The maximum absolute atomic E-state index is 12.2. The third-order valence-electron chi connectivity index (χ3n) is 3.36. The SMILES string of the molecule is CCOc1cc(NC(=O)CCc2ccc(Cl)s2)c([N+](=O)[O-])cc1OCC. The van der Waals surface area contributed by atoms with Crippen LogP contribution >= 0.6 is 22.9 Å². The van der Waals surface area contributed by atoms with E-state index in [0.717, 1.165) is 4.88 Å². The van der Waals surface area contributed by atoms with Crippen molar-refractivity contribution in [2.24, 2.45) is 0 Å². The summed E-state index contributed by atoms with van der Waals surface area (Å²) < 4.78 is 11.5. The second-order valence-electron chi connectivity index (χ2n) is 5.19. The van der Waals surface area contributed by atoms with Crippen molar-refractivity contribution in [2.45, 2.75) is 26.7 Å². The predicted octanol–water partition coefficient (Wildman–Crippen LogP) is 4.68. The molecule has 2 rings (SSSR count). The van der Waals surface area contributed by atoms with Crippen molar-refractivity contribution in [3.05, 3.63) is 43.6 Å². The molecule has 1 N–H and O–H groups in total. The van der Waals surface area contributed by atoms with E-state index in [0.29, 0.717) is 29.7 Å². The Morgan fingerprint density at radius 3 is 2.42 bits per heavy atom. The summed E-state index contributed by atoms with van der Waals surface area (Å²) in [6.07, 6.45) is 0.692. The van der Waals surface area contributed by atoms with Crippen molar-refractivity contribution >= 4 is 40.2 Å². The number of rotatable bonds is 9. The number of hydrogen-bond acceptors (Lipinski definition) is 6. The fourth-order valence-corrected chi connectivity index (χ4v) is 3.36. The normalized spacial score (nSPS) is 10.4. The maximum Gasteiger partial charge on any atom is 0.296 e. The maximum atomic E-state index is 12.2. The molecule has 0 bridgehead atoms. The van der Waals surface area contributed by atoms with Gasteiger partial charge in [-0.15, -0.1) is 11.3 Å². The zero-order valence-corrected chi connectivity index (χ0v) is 16.0. The lowest BCUT2D eigenvalue weighted by Crippen LogP contribution is -2.14. The molecule has 0 aliphatic rings. The number of anilines is 1. The van der Waals surface area contributed by atoms with E-state index < -0.39 is 4.92 Å². The molecule has 1 aromatic carbocycles. The average molecular weight is 399 g/mol. The Kier molecular flexibility index (Phi) is 7.23. The standard InChI is InChI=1S/C17H19ClN2O5S/c1-3-24-14-9-12(13(20(22)23)10-15(14)25-4-2)19-17(21)8-6-11-5-7-16(18)26-11/h5,7,9-10H,3-4,6,8H2,1-2H3,(H,19,21). The van der Waals surface area contributed by atoms with Gasteiger partial charge in [-0.05, 0) is 32.4 Å². The molecule has 1 amide bonds. The first kappa shape index (κ1) is 20.0. The third-order valence-corrected chi connectivity index (χ3v) is 4.65. The number of nitro groups is 1. The van der Waals surface area contributed by atoms with Gasteiger partial charge in [-0.3, -0.25) is 14.9 Å². The second kappa shape index (κ2) is 9.40. The van der Waals surface area contributed by atoms with Crippen LogP contribution < -0.4 is 14.8 Å². The Hall–Kier alpha value is -2.32. The summed E-state index contributed by atoms with van der Waals surface area (Å²) in [5.41, 5.74) is -0.166. The van der Waals surface area contributed by atoms with Gasteiger partial charge in [0.2, 0.25) is 5.91 Å². The van der Waals surface area contributed by atoms with Crippen LogP contribution in [0.1, 0.15) is 25.1 Å². The highest BCUT2D eigenvalue weighted by molar-refractivity contribution is 7.16. The Bertz CT molecular complexity index is 793. The molecule has 0 aliphatic heterocycles. The first-order chi connectivity index (χ1) is 12.4. The van der Waals surface area contributed by atoms with Crippen molar-refractivity contribution in [2.75, 3.05) is 18.5 Å². The molecule has 9 heteroatoms. The molecular formula is C17H19ClN2O5S. The number of carbonyl (C=O) groups excluding carboxylic acids is 1. The average Bonchev–Trinajstić information content (AvgIpc) is 3.00. The highest BCUT2D eigenvalue weighted by Crippen LogP contribution is 2.38. The minimum atomic E-state index is -0.563. The molecule has 0 unspecified atom stereocenters. The van der Waals surface area contributed by atoms with Crippen LogP contribution in [0, 0.1) is 10.1 Å². The van der Waals surface area contributed by atoms with Crippen LogP contribution in [0.25, 0.3) is 0 Å². The number of halogens is 1. The number of nitro benzene ring substituents is 1. The summed E-state index contributed by atoms with van der Waals surface area (Å²) in [5.74, 6) is 0.289. The molecule has 0 atom stereocenters. The van der Waals surface area contributed by atoms with E-state index in [4.69, 9.17) is 21.1 Å². The van der Waals surface area contributed by atoms with E-state index in [-0.39, 0.29) is 29.5 Å². The highest BCUT2D eigenvalue weighted by Gasteiger charge is 2.21. The Morgan fingerprint density at radius 1 is 1.23 bits per heavy atom. The molecule has 1 heterocycles. The number of aryl methyl sites for hydroxylation is 1. The van der Waals surface area contributed by atoms with Crippen LogP contribution in [0.5, 0.6) is 11.5 Å². The molecule has 0 saturated heterocycles. The van der Waals surface area contributed by atoms with Gasteiger partial charge in [0.15, 0.2) is 11.5 Å². The molecule has 0 aliphatic carbocycles. The Morgan fingerprint density at radius 2 is 1.88 bits per heavy atom. The Labute approximate surface area is 160 Å². The number of amides is 1. The van der Waals surface area contributed by atoms with Crippen LogP contribution in [0.15, 0.2) is 24.3 Å². The lowest BCUT2D eigenvalue weighted by atomic mass is 10.2. The van der Waals surface area contributed by atoms with Gasteiger partial charge in [0.05, 0.1) is 28.5 Å². The monoisotopic (exact) mass is 398 g/mol. The van der Waals surface area contributed by atoms with Crippen LogP contribution in [-0.2, 0) is 11.2 Å². The molecule has 140 valence electrons. The third kappa shape index (κ3) is 5.34. The predicted molar refractivity (Wildman–Crippen MR) is 102 cm³/mol. The molecule has 0 radical (unpaired) electrons. The first-order valence-electron chi connectivity index (χ1n) is 8.06. The number of nitrogens with zero attached hydrogens (tertiary/aromatic N) is 1. The second-order valence-corrected chi connectivity index (χ2v) is 6.99. The number of nitrogens with one attached hydrogen (secondary N) is 1. The van der Waals surface area contributed by atoms with E-state index in [9.17, 15) is 14.9 Å². The van der Waals surface area contributed by atoms with Gasteiger partial charge < -0.3 is 14.8 Å². The van der Waals surface area contributed by atoms with Gasteiger partial charge >= 0.3 is 0 Å². The fourth-order valence-electron chi connectivity index (χ4n) is 2.27. The van der Waals surface area contributed by atoms with Gasteiger partial charge in [0.25, 0.3) is 5.69 Å². The van der Waals surface area contributed by atoms with E-state index >= 15 is 0 Å². The van der Waals surface area contributed by atoms with Crippen molar-refractivity contribution in [1.82, 2.24) is 0 Å². The molecule has 0 spiro atoms. The molecule has 1 aromatic heterocycles. The van der Waals surface area contributed by atoms with Crippen LogP contribution in [0.4, 0.5) is 11.4 Å². The zero-order valence-electron chi connectivity index (χ0n) is 14.4. The van der Waals surface area contributed by atoms with E-state index in [2.05, 4.69) is 5.32 Å². The number of hydrogen-bond donors (Lipinski definition) is 1. The molecular weight excluding hydrogens is 380 g/mol. The molecule has 26 heavy (non-hydrogen) atoms. The topological polar surface area (TPSA) is 90.7 Å². The molecule has 7 nitrogen and oxygen atoms in total. The van der Waals surface area contributed by atoms with Crippen molar-refractivity contribution in [1.29, 1.82) is 0 Å². The van der Waals surface area contributed by atoms with Gasteiger partial charge in [0, 0.05) is 17.4 Å². The largest absolute Gasteiger partial charge is 0.490 e. The highest BCUT2D eigenvalue weighted by atomic mass is 35.5. The number of ether oxygens (including phenoxy) is 2. The number of carbonyl (C=O) groups is 1. The summed E-state index contributed by atoms with van der Waals surface area (Å²) in [7, 11) is 0. The summed E-state index contributed by atoms with van der Waals surface area (Å²) in [4.78, 5) is 24.0. The number of thiophene rings is 1. The van der Waals surface area contributed by atoms with Crippen LogP contribution in [0.3, 0.4) is 0 Å². The van der Waals surface area contributed by atoms with Crippen LogP contribution in [-0.4, -0.2) is 24.0 Å². The Balaban J connectivity index is 2.18. The lowest BCUT2D eigenvalue weighted by molar-refractivity contribution is -0.384. The van der Waals surface area contributed by atoms with Crippen molar-refractivity contribution < 1.29 is 19.2 Å². The molecule has 2 aromatic rings. The minimum Gasteiger partial charge on any atom is -0.490 e. The molecule has 0 saturated carbocycles. The molecule has 0 fully saturated rings. The number of benzene rings is 1. The van der Waals surface area contributed by atoms with Gasteiger partial charge in [0.1, 0.15) is 5.69 Å². The van der Waals surface area contributed by atoms with Crippen molar-refractivity contribution in [3.8, 4) is 11.5 Å². The summed E-state index contributed by atoms with van der Waals surface area (Å²) >= 11 is 7.27. The van der Waals surface area contributed by atoms with Crippen LogP contribution in [0.2, 0.25) is 4.34 Å². The quantitative estimate of drug-likeness (QED) is 0.489. The fraction of sp³-hybridized carbons (Fsp3) is 0.353. The van der Waals surface area contributed by atoms with E-state index in [1.54, 1.807) is 19.9 Å². The van der Waals surface area contributed by atoms with E-state index in [1.165, 1.54) is 23.5 Å². The van der Waals surface area contributed by atoms with Gasteiger partial charge in [-0.2, -0.15) is 0 Å². The first-order valence-corrected chi connectivity index (χ1v) is 9.26.